The van der Waals surface area contributed by atoms with Crippen molar-refractivity contribution < 1.29 is 9.90 Å². The van der Waals surface area contributed by atoms with E-state index in [4.69, 9.17) is 5.11 Å². The molecule has 5 heteroatoms. The first kappa shape index (κ1) is 17.2. The van der Waals surface area contributed by atoms with Gasteiger partial charge in [0.25, 0.3) is 5.91 Å². The van der Waals surface area contributed by atoms with Crippen LogP contribution >= 0.6 is 11.3 Å². The van der Waals surface area contributed by atoms with Crippen molar-refractivity contribution in [3.05, 3.63) is 64.2 Å². The van der Waals surface area contributed by atoms with Crippen LogP contribution in [0, 0.1) is 12.8 Å². The lowest BCUT2D eigenvalue weighted by atomic mass is 9.98. The summed E-state index contributed by atoms with van der Waals surface area (Å²) in [6, 6.07) is 13.9. The van der Waals surface area contributed by atoms with Crippen LogP contribution in [0.3, 0.4) is 0 Å². The molecular weight excluding hydrogens is 344 g/mol. The topological polar surface area (TPSA) is 53.4 Å². The maximum Gasteiger partial charge on any atom is 0.253 e. The fraction of sp³-hybridized carbons (Fsp3) is 0.333. The van der Waals surface area contributed by atoms with E-state index in [2.05, 4.69) is 17.1 Å². The number of benzene rings is 2. The van der Waals surface area contributed by atoms with Crippen LogP contribution in [0.5, 0.6) is 0 Å². The SMILES string of the molecule is Cc1nc2cc(C(=O)N3CC[C@H](Cc4ccc(CO)cc4)C3)ccc2s1. The summed E-state index contributed by atoms with van der Waals surface area (Å²) in [5.41, 5.74) is 3.85. The van der Waals surface area contributed by atoms with E-state index >= 15 is 0 Å². The summed E-state index contributed by atoms with van der Waals surface area (Å²) in [7, 11) is 0. The number of nitrogens with zero attached hydrogens (tertiary/aromatic N) is 2. The van der Waals surface area contributed by atoms with E-state index in [-0.39, 0.29) is 12.5 Å². The number of fused-ring (bicyclic) bond motifs is 1. The molecule has 0 radical (unpaired) electrons. The van der Waals surface area contributed by atoms with Crippen LogP contribution < -0.4 is 0 Å². The molecule has 3 aromatic rings. The summed E-state index contributed by atoms with van der Waals surface area (Å²) in [5.74, 6) is 0.597. The highest BCUT2D eigenvalue weighted by atomic mass is 32.1. The lowest BCUT2D eigenvalue weighted by Crippen LogP contribution is -2.28. The third-order valence-electron chi connectivity index (χ3n) is 5.04. The predicted molar refractivity (Wildman–Crippen MR) is 104 cm³/mol. The number of aryl methyl sites for hydroxylation is 1. The predicted octanol–water partition coefficient (Wildman–Crippen LogP) is 3.80. The Kier molecular flexibility index (Phi) is 4.74. The van der Waals surface area contributed by atoms with E-state index in [0.29, 0.717) is 5.92 Å². The number of thiazole rings is 1. The Morgan fingerprint density at radius 2 is 2.00 bits per heavy atom. The molecule has 1 aromatic heterocycles. The summed E-state index contributed by atoms with van der Waals surface area (Å²) >= 11 is 1.66. The van der Waals surface area contributed by atoms with Gasteiger partial charge in [-0.2, -0.15) is 0 Å². The number of likely N-dealkylation sites (tertiary alicyclic amines) is 1. The van der Waals surface area contributed by atoms with Gasteiger partial charge in [0, 0.05) is 18.7 Å². The van der Waals surface area contributed by atoms with Crippen molar-refractivity contribution >= 4 is 27.5 Å². The van der Waals surface area contributed by atoms with Crippen molar-refractivity contribution in [3.8, 4) is 0 Å². The first-order valence-corrected chi connectivity index (χ1v) is 9.79. The minimum Gasteiger partial charge on any atom is -0.392 e. The summed E-state index contributed by atoms with van der Waals surface area (Å²) in [5, 5.41) is 10.2. The fourth-order valence-electron chi connectivity index (χ4n) is 3.66. The number of hydrogen-bond donors (Lipinski definition) is 1. The molecule has 134 valence electrons. The number of aromatic nitrogens is 1. The zero-order valence-electron chi connectivity index (χ0n) is 14.8. The van der Waals surface area contributed by atoms with Crippen molar-refractivity contribution in [2.24, 2.45) is 5.92 Å². The third kappa shape index (κ3) is 3.50. The summed E-state index contributed by atoms with van der Waals surface area (Å²) in [4.78, 5) is 19.3. The normalized spacial score (nSPS) is 17.2. The summed E-state index contributed by atoms with van der Waals surface area (Å²) in [6.45, 7) is 3.68. The average molecular weight is 366 g/mol. The number of hydrogen-bond acceptors (Lipinski definition) is 4. The molecule has 2 heterocycles. The number of carbonyl (C=O) groups is 1. The lowest BCUT2D eigenvalue weighted by molar-refractivity contribution is 0.0787. The van der Waals surface area contributed by atoms with Crippen molar-refractivity contribution in [1.82, 2.24) is 9.88 Å². The van der Waals surface area contributed by atoms with Crippen LogP contribution in [0.15, 0.2) is 42.5 Å². The molecule has 0 bridgehead atoms. The Bertz CT molecular complexity index is 933. The van der Waals surface area contributed by atoms with Gasteiger partial charge in [-0.25, -0.2) is 4.98 Å². The standard InChI is InChI=1S/C21H22N2O2S/c1-14-22-19-11-18(6-7-20(19)26-14)21(25)23-9-8-17(12-23)10-15-2-4-16(13-24)5-3-15/h2-7,11,17,24H,8-10,12-13H2,1H3/t17-/m1/s1. The molecule has 0 unspecified atom stereocenters. The van der Waals surface area contributed by atoms with Gasteiger partial charge in [-0.05, 0) is 55.0 Å². The van der Waals surface area contributed by atoms with Crippen LogP contribution in [0.2, 0.25) is 0 Å². The minimum atomic E-state index is 0.0782. The molecule has 1 atom stereocenters. The molecule has 2 aromatic carbocycles. The van der Waals surface area contributed by atoms with E-state index in [1.165, 1.54) is 5.56 Å². The Morgan fingerprint density at radius 3 is 2.77 bits per heavy atom. The summed E-state index contributed by atoms with van der Waals surface area (Å²) in [6.07, 6.45) is 2.01. The Balaban J connectivity index is 1.42. The number of amides is 1. The molecule has 4 nitrogen and oxygen atoms in total. The number of aliphatic hydroxyl groups excluding tert-OH is 1. The van der Waals surface area contributed by atoms with Crippen LogP contribution in [0.25, 0.3) is 10.2 Å². The second-order valence-corrected chi connectivity index (χ2v) is 8.23. The molecule has 1 aliphatic rings. The average Bonchev–Trinajstić information content (AvgIpc) is 3.26. The van der Waals surface area contributed by atoms with Gasteiger partial charge in [-0.3, -0.25) is 4.79 Å². The maximum atomic E-state index is 12.9. The molecular formula is C21H22N2O2S. The second kappa shape index (κ2) is 7.17. The van der Waals surface area contributed by atoms with E-state index in [0.717, 1.165) is 52.3 Å². The summed E-state index contributed by atoms with van der Waals surface area (Å²) < 4.78 is 1.13. The first-order valence-electron chi connectivity index (χ1n) is 8.97. The molecule has 1 fully saturated rings. The number of carbonyl (C=O) groups excluding carboxylic acids is 1. The first-order chi connectivity index (χ1) is 12.6. The van der Waals surface area contributed by atoms with Gasteiger partial charge in [-0.1, -0.05) is 24.3 Å². The Morgan fingerprint density at radius 1 is 1.23 bits per heavy atom. The maximum absolute atomic E-state index is 12.9. The largest absolute Gasteiger partial charge is 0.392 e. The molecule has 1 N–H and O–H groups in total. The van der Waals surface area contributed by atoms with Gasteiger partial charge in [-0.15, -0.1) is 11.3 Å². The van der Waals surface area contributed by atoms with Gasteiger partial charge >= 0.3 is 0 Å². The van der Waals surface area contributed by atoms with Crippen molar-refractivity contribution in [2.45, 2.75) is 26.4 Å². The van der Waals surface area contributed by atoms with Crippen LogP contribution in [-0.4, -0.2) is 34.0 Å². The van der Waals surface area contributed by atoms with E-state index in [1.807, 2.05) is 42.2 Å². The molecule has 4 rings (SSSR count). The molecule has 0 saturated carbocycles. The molecule has 26 heavy (non-hydrogen) atoms. The molecule has 1 saturated heterocycles. The van der Waals surface area contributed by atoms with E-state index in [9.17, 15) is 4.79 Å². The second-order valence-electron chi connectivity index (χ2n) is 7.00. The monoisotopic (exact) mass is 366 g/mol. The zero-order valence-corrected chi connectivity index (χ0v) is 15.6. The number of aliphatic hydroxyl groups is 1. The van der Waals surface area contributed by atoms with Gasteiger partial charge in [0.05, 0.1) is 21.8 Å². The number of rotatable bonds is 4. The molecule has 1 aliphatic heterocycles. The van der Waals surface area contributed by atoms with Crippen LogP contribution in [0.4, 0.5) is 0 Å². The van der Waals surface area contributed by atoms with Crippen molar-refractivity contribution in [3.63, 3.8) is 0 Å². The smallest absolute Gasteiger partial charge is 0.253 e. The van der Waals surface area contributed by atoms with Gasteiger partial charge in [0.15, 0.2) is 0 Å². The van der Waals surface area contributed by atoms with Crippen molar-refractivity contribution in [1.29, 1.82) is 0 Å². The van der Waals surface area contributed by atoms with Crippen LogP contribution in [-0.2, 0) is 13.0 Å². The molecule has 1 amide bonds. The lowest BCUT2D eigenvalue weighted by Gasteiger charge is -2.17. The van der Waals surface area contributed by atoms with E-state index < -0.39 is 0 Å². The van der Waals surface area contributed by atoms with Crippen molar-refractivity contribution in [2.75, 3.05) is 13.1 Å². The highest BCUT2D eigenvalue weighted by Gasteiger charge is 2.27. The zero-order chi connectivity index (χ0) is 18.1. The highest BCUT2D eigenvalue weighted by Crippen LogP contribution is 2.26. The highest BCUT2D eigenvalue weighted by molar-refractivity contribution is 7.18. The third-order valence-corrected chi connectivity index (χ3v) is 6.00. The van der Waals surface area contributed by atoms with Gasteiger partial charge < -0.3 is 10.0 Å². The van der Waals surface area contributed by atoms with E-state index in [1.54, 1.807) is 11.3 Å². The van der Waals surface area contributed by atoms with Crippen LogP contribution in [0.1, 0.15) is 32.9 Å². The molecule has 0 aliphatic carbocycles. The van der Waals surface area contributed by atoms with Gasteiger partial charge in [0.1, 0.15) is 0 Å². The minimum absolute atomic E-state index is 0.0782. The quantitative estimate of drug-likeness (QED) is 0.764. The molecule has 0 spiro atoms. The Labute approximate surface area is 157 Å². The Hall–Kier alpha value is -2.24. The van der Waals surface area contributed by atoms with Gasteiger partial charge in [0.2, 0.25) is 0 Å². The fourth-order valence-corrected chi connectivity index (χ4v) is 4.46.